The highest BCUT2D eigenvalue weighted by Crippen LogP contribution is 2.29. The van der Waals surface area contributed by atoms with Gasteiger partial charge in [0.1, 0.15) is 5.75 Å². The number of hydrazine groups is 1. The summed E-state index contributed by atoms with van der Waals surface area (Å²) in [6.07, 6.45) is 5.87. The Labute approximate surface area is 107 Å². The molecule has 0 saturated heterocycles. The van der Waals surface area contributed by atoms with E-state index in [0.29, 0.717) is 19.4 Å². The summed E-state index contributed by atoms with van der Waals surface area (Å²) in [6.45, 7) is 0.559. The fourth-order valence-electron chi connectivity index (χ4n) is 2.37. The van der Waals surface area contributed by atoms with E-state index in [1.165, 1.54) is 24.0 Å². The van der Waals surface area contributed by atoms with Crippen molar-refractivity contribution in [3.63, 3.8) is 0 Å². The zero-order valence-electron chi connectivity index (χ0n) is 10.6. The Bertz CT molecular complexity index is 418. The molecule has 0 atom stereocenters. The normalized spacial score (nSPS) is 13.8. The molecule has 98 valence electrons. The lowest BCUT2D eigenvalue weighted by Gasteiger charge is -2.19. The molecule has 1 aromatic rings. The summed E-state index contributed by atoms with van der Waals surface area (Å²) in [4.78, 5) is 11.0. The van der Waals surface area contributed by atoms with Crippen LogP contribution in [-0.2, 0) is 17.6 Å². The molecular weight excluding hydrogens is 228 g/mol. The van der Waals surface area contributed by atoms with Crippen molar-refractivity contribution in [1.82, 2.24) is 5.43 Å². The summed E-state index contributed by atoms with van der Waals surface area (Å²) in [6, 6.07) is 6.25. The third-order valence-corrected chi connectivity index (χ3v) is 3.32. The highest BCUT2D eigenvalue weighted by atomic mass is 16.5. The van der Waals surface area contributed by atoms with E-state index in [-0.39, 0.29) is 5.91 Å². The number of rotatable bonds is 5. The van der Waals surface area contributed by atoms with Crippen LogP contribution in [0.5, 0.6) is 5.75 Å². The molecule has 0 spiro atoms. The molecule has 0 radical (unpaired) electrons. The second kappa shape index (κ2) is 6.40. The van der Waals surface area contributed by atoms with Gasteiger partial charge in [-0.2, -0.15) is 0 Å². The van der Waals surface area contributed by atoms with Crippen LogP contribution in [0.1, 0.15) is 36.8 Å². The van der Waals surface area contributed by atoms with E-state index in [1.807, 2.05) is 12.1 Å². The van der Waals surface area contributed by atoms with Gasteiger partial charge in [0.05, 0.1) is 6.61 Å². The van der Waals surface area contributed by atoms with Crippen LogP contribution in [0.15, 0.2) is 18.2 Å². The Balaban J connectivity index is 1.88. The molecule has 0 bridgehead atoms. The number of benzene rings is 1. The van der Waals surface area contributed by atoms with Crippen LogP contribution in [-0.4, -0.2) is 12.5 Å². The zero-order chi connectivity index (χ0) is 12.8. The molecule has 0 heterocycles. The Hall–Kier alpha value is -1.55. The van der Waals surface area contributed by atoms with Crippen LogP contribution in [0.2, 0.25) is 0 Å². The van der Waals surface area contributed by atoms with Crippen LogP contribution in [0.4, 0.5) is 0 Å². The first-order valence-corrected chi connectivity index (χ1v) is 6.54. The minimum atomic E-state index is -0.145. The summed E-state index contributed by atoms with van der Waals surface area (Å²) in [5.41, 5.74) is 4.89. The monoisotopic (exact) mass is 248 g/mol. The highest BCUT2D eigenvalue weighted by Gasteiger charge is 2.13. The molecular formula is C14H20N2O2. The van der Waals surface area contributed by atoms with Gasteiger partial charge in [-0.15, -0.1) is 0 Å². The minimum absolute atomic E-state index is 0.145. The van der Waals surface area contributed by atoms with Crippen molar-refractivity contribution in [3.8, 4) is 5.75 Å². The van der Waals surface area contributed by atoms with Crippen molar-refractivity contribution in [2.45, 2.75) is 38.5 Å². The maximum atomic E-state index is 11.0. The third kappa shape index (κ3) is 3.23. The van der Waals surface area contributed by atoms with E-state index in [2.05, 4.69) is 11.5 Å². The van der Waals surface area contributed by atoms with Gasteiger partial charge in [-0.25, -0.2) is 5.84 Å². The van der Waals surface area contributed by atoms with Crippen molar-refractivity contribution in [2.75, 3.05) is 6.61 Å². The fourth-order valence-corrected chi connectivity index (χ4v) is 2.37. The maximum absolute atomic E-state index is 11.0. The SMILES string of the molecule is NNC(=O)CCCOc1cccc2c1CCCC2. The van der Waals surface area contributed by atoms with Crippen LogP contribution < -0.4 is 16.0 Å². The number of hydrogen-bond acceptors (Lipinski definition) is 3. The summed E-state index contributed by atoms with van der Waals surface area (Å²) in [7, 11) is 0. The Kier molecular flexibility index (Phi) is 4.59. The number of fused-ring (bicyclic) bond motifs is 1. The predicted molar refractivity (Wildman–Crippen MR) is 70.1 cm³/mol. The van der Waals surface area contributed by atoms with Gasteiger partial charge in [-0.05, 0) is 49.3 Å². The van der Waals surface area contributed by atoms with Gasteiger partial charge >= 0.3 is 0 Å². The summed E-state index contributed by atoms with van der Waals surface area (Å²) in [5.74, 6) is 5.86. The van der Waals surface area contributed by atoms with Crippen LogP contribution in [0.25, 0.3) is 0 Å². The molecule has 0 unspecified atom stereocenters. The average Bonchev–Trinajstić information content (AvgIpc) is 2.43. The van der Waals surface area contributed by atoms with E-state index in [9.17, 15) is 4.79 Å². The number of ether oxygens (including phenoxy) is 1. The second-order valence-electron chi connectivity index (χ2n) is 4.62. The highest BCUT2D eigenvalue weighted by molar-refractivity contribution is 5.75. The molecule has 0 aromatic heterocycles. The number of amides is 1. The number of hydrogen-bond donors (Lipinski definition) is 2. The van der Waals surface area contributed by atoms with Gasteiger partial charge in [-0.3, -0.25) is 10.2 Å². The third-order valence-electron chi connectivity index (χ3n) is 3.32. The molecule has 0 saturated carbocycles. The Morgan fingerprint density at radius 2 is 2.17 bits per heavy atom. The quantitative estimate of drug-likeness (QED) is 0.361. The van der Waals surface area contributed by atoms with Crippen molar-refractivity contribution in [1.29, 1.82) is 0 Å². The number of nitrogens with one attached hydrogen (secondary N) is 1. The molecule has 0 fully saturated rings. The molecule has 3 N–H and O–H groups in total. The summed E-state index contributed by atoms with van der Waals surface area (Å²) in [5, 5.41) is 0. The maximum Gasteiger partial charge on any atom is 0.234 e. The Morgan fingerprint density at radius 3 is 3.00 bits per heavy atom. The average molecular weight is 248 g/mol. The smallest absolute Gasteiger partial charge is 0.234 e. The van der Waals surface area contributed by atoms with Gasteiger partial charge < -0.3 is 4.74 Å². The first-order valence-electron chi connectivity index (χ1n) is 6.54. The van der Waals surface area contributed by atoms with Gasteiger partial charge in [0.2, 0.25) is 5.91 Å². The van der Waals surface area contributed by atoms with Crippen LogP contribution in [0.3, 0.4) is 0 Å². The molecule has 4 heteroatoms. The predicted octanol–water partition coefficient (Wildman–Crippen LogP) is 1.71. The summed E-state index contributed by atoms with van der Waals surface area (Å²) < 4.78 is 5.78. The molecule has 2 rings (SSSR count). The number of carbonyl (C=O) groups is 1. The van der Waals surface area contributed by atoms with Crippen LogP contribution in [0, 0.1) is 0 Å². The second-order valence-corrected chi connectivity index (χ2v) is 4.62. The number of aryl methyl sites for hydroxylation is 1. The van der Waals surface area contributed by atoms with Crippen molar-refractivity contribution in [3.05, 3.63) is 29.3 Å². The van der Waals surface area contributed by atoms with Gasteiger partial charge in [-0.1, -0.05) is 12.1 Å². The van der Waals surface area contributed by atoms with Gasteiger partial charge in [0.15, 0.2) is 0 Å². The van der Waals surface area contributed by atoms with Crippen molar-refractivity contribution < 1.29 is 9.53 Å². The van der Waals surface area contributed by atoms with E-state index in [4.69, 9.17) is 10.6 Å². The molecule has 1 amide bonds. The number of nitrogens with two attached hydrogens (primary N) is 1. The lowest BCUT2D eigenvalue weighted by Crippen LogP contribution is -2.30. The molecule has 0 aliphatic heterocycles. The molecule has 1 aliphatic rings. The van der Waals surface area contributed by atoms with Crippen molar-refractivity contribution >= 4 is 5.91 Å². The van der Waals surface area contributed by atoms with Gasteiger partial charge in [0.25, 0.3) is 0 Å². The minimum Gasteiger partial charge on any atom is -0.493 e. The zero-order valence-corrected chi connectivity index (χ0v) is 10.6. The topological polar surface area (TPSA) is 64.3 Å². The largest absolute Gasteiger partial charge is 0.493 e. The van der Waals surface area contributed by atoms with Gasteiger partial charge in [0, 0.05) is 6.42 Å². The van der Waals surface area contributed by atoms with E-state index < -0.39 is 0 Å². The molecule has 1 aromatic carbocycles. The van der Waals surface area contributed by atoms with Crippen LogP contribution >= 0.6 is 0 Å². The first kappa shape index (κ1) is 12.9. The molecule has 18 heavy (non-hydrogen) atoms. The standard InChI is InChI=1S/C14H20N2O2/c15-16-14(17)9-4-10-18-13-8-3-6-11-5-1-2-7-12(11)13/h3,6,8H,1-2,4-5,7,9-10,15H2,(H,16,17). The Morgan fingerprint density at radius 1 is 1.33 bits per heavy atom. The number of carbonyl (C=O) groups excluding carboxylic acids is 1. The van der Waals surface area contributed by atoms with E-state index >= 15 is 0 Å². The first-order chi connectivity index (χ1) is 8.81. The lowest BCUT2D eigenvalue weighted by atomic mass is 9.91. The van der Waals surface area contributed by atoms with Crippen molar-refractivity contribution in [2.24, 2.45) is 5.84 Å². The fraction of sp³-hybridized carbons (Fsp3) is 0.500. The molecule has 4 nitrogen and oxygen atoms in total. The summed E-state index contributed by atoms with van der Waals surface area (Å²) >= 11 is 0. The molecule has 1 aliphatic carbocycles. The lowest BCUT2D eigenvalue weighted by molar-refractivity contribution is -0.121. The van der Waals surface area contributed by atoms with E-state index in [0.717, 1.165) is 18.6 Å². The van der Waals surface area contributed by atoms with E-state index in [1.54, 1.807) is 0 Å².